The molecule has 0 radical (unpaired) electrons. The van der Waals surface area contributed by atoms with Crippen LogP contribution in [0.2, 0.25) is 0 Å². The van der Waals surface area contributed by atoms with Crippen molar-refractivity contribution in [2.45, 2.75) is 19.3 Å². The van der Waals surface area contributed by atoms with Crippen LogP contribution in [0.25, 0.3) is 5.69 Å². The first-order valence-corrected chi connectivity index (χ1v) is 8.54. The number of halogens is 1. The third kappa shape index (κ3) is 3.19. The van der Waals surface area contributed by atoms with Gasteiger partial charge in [-0.15, -0.1) is 0 Å². The number of carbonyl (C=O) groups excluding carboxylic acids is 2. The number of hydrogen-bond donors (Lipinski definition) is 2. The molecule has 27 heavy (non-hydrogen) atoms. The molecule has 0 aliphatic carbocycles. The zero-order chi connectivity index (χ0) is 19.0. The molecule has 2 aromatic carbocycles. The van der Waals surface area contributed by atoms with Gasteiger partial charge in [-0.2, -0.15) is 5.10 Å². The molecule has 1 atom stereocenters. The molecule has 1 aliphatic heterocycles. The summed E-state index contributed by atoms with van der Waals surface area (Å²) in [4.78, 5) is 25.1. The molecule has 0 saturated heterocycles. The molecule has 0 fully saturated rings. The topological polar surface area (TPSA) is 76.0 Å². The average Bonchev–Trinajstić information content (AvgIpc) is 3.00. The molecule has 2 amide bonds. The van der Waals surface area contributed by atoms with Crippen LogP contribution >= 0.6 is 0 Å². The third-order valence-electron chi connectivity index (χ3n) is 4.53. The highest BCUT2D eigenvalue weighted by Crippen LogP contribution is 2.37. The van der Waals surface area contributed by atoms with E-state index < -0.39 is 5.92 Å². The van der Waals surface area contributed by atoms with E-state index in [0.717, 1.165) is 5.69 Å². The predicted octanol–water partition coefficient (Wildman–Crippen LogP) is 3.38. The van der Waals surface area contributed by atoms with E-state index in [9.17, 15) is 14.0 Å². The van der Waals surface area contributed by atoms with Gasteiger partial charge in [0.1, 0.15) is 11.6 Å². The lowest BCUT2D eigenvalue weighted by molar-refractivity contribution is -0.123. The summed E-state index contributed by atoms with van der Waals surface area (Å²) in [5, 5.41) is 10.1. The van der Waals surface area contributed by atoms with Crippen molar-refractivity contribution < 1.29 is 14.0 Å². The van der Waals surface area contributed by atoms with Crippen LogP contribution in [0.5, 0.6) is 0 Å². The number of rotatable bonds is 3. The minimum atomic E-state index is -0.670. The number of anilines is 2. The van der Waals surface area contributed by atoms with Crippen LogP contribution in [0.4, 0.5) is 15.9 Å². The first kappa shape index (κ1) is 17.0. The maximum Gasteiger partial charge on any atom is 0.232 e. The summed E-state index contributed by atoms with van der Waals surface area (Å²) >= 11 is 0. The van der Waals surface area contributed by atoms with Crippen molar-refractivity contribution in [2.24, 2.45) is 0 Å². The van der Waals surface area contributed by atoms with Crippen LogP contribution in [0.3, 0.4) is 0 Å². The molecule has 0 spiro atoms. The van der Waals surface area contributed by atoms with Gasteiger partial charge >= 0.3 is 0 Å². The van der Waals surface area contributed by atoms with E-state index in [4.69, 9.17) is 0 Å². The van der Waals surface area contributed by atoms with Gasteiger partial charge in [-0.05, 0) is 43.3 Å². The Morgan fingerprint density at radius 2 is 1.89 bits per heavy atom. The second kappa shape index (κ2) is 6.68. The number of amides is 2. The number of nitrogens with one attached hydrogen (secondary N) is 2. The van der Waals surface area contributed by atoms with Gasteiger partial charge in [0, 0.05) is 17.7 Å². The zero-order valence-electron chi connectivity index (χ0n) is 14.6. The van der Waals surface area contributed by atoms with Crippen molar-refractivity contribution in [1.29, 1.82) is 0 Å². The van der Waals surface area contributed by atoms with Gasteiger partial charge < -0.3 is 10.6 Å². The quantitative estimate of drug-likeness (QED) is 0.748. The summed E-state index contributed by atoms with van der Waals surface area (Å²) in [5.41, 5.74) is 2.63. The molecule has 2 heterocycles. The van der Waals surface area contributed by atoms with E-state index in [1.807, 2.05) is 37.3 Å². The van der Waals surface area contributed by atoms with Crippen LogP contribution in [0, 0.1) is 12.7 Å². The number of fused-ring (bicyclic) bond motifs is 1. The number of carbonyl (C=O) groups is 2. The Morgan fingerprint density at radius 1 is 1.19 bits per heavy atom. The fraction of sp³-hybridized carbons (Fsp3) is 0.150. The fourth-order valence-corrected chi connectivity index (χ4v) is 3.29. The van der Waals surface area contributed by atoms with Crippen molar-refractivity contribution in [2.75, 3.05) is 10.6 Å². The highest BCUT2D eigenvalue weighted by molar-refractivity contribution is 6.05. The second-order valence-electron chi connectivity index (χ2n) is 6.40. The molecule has 7 heteroatoms. The zero-order valence-corrected chi connectivity index (χ0v) is 14.6. The third-order valence-corrected chi connectivity index (χ3v) is 4.53. The summed E-state index contributed by atoms with van der Waals surface area (Å²) in [6.07, 6.45) is 0.0291. The van der Waals surface area contributed by atoms with Gasteiger partial charge in [-0.25, -0.2) is 9.07 Å². The van der Waals surface area contributed by atoms with Crippen molar-refractivity contribution in [3.05, 3.63) is 71.7 Å². The van der Waals surface area contributed by atoms with Gasteiger partial charge in [-0.3, -0.25) is 9.59 Å². The molecule has 1 aromatic heterocycles. The van der Waals surface area contributed by atoms with Crippen molar-refractivity contribution in [3.63, 3.8) is 0 Å². The highest BCUT2D eigenvalue weighted by atomic mass is 19.1. The molecule has 1 unspecified atom stereocenters. The van der Waals surface area contributed by atoms with Gasteiger partial charge in [0.05, 0.1) is 17.3 Å². The van der Waals surface area contributed by atoms with Crippen LogP contribution in [-0.4, -0.2) is 21.6 Å². The standard InChI is InChI=1S/C20H17FN4O2/c1-12-18-16(20(27)22-14-9-7-13(21)8-10-14)11-17(26)23-19(18)25(24-12)15-5-3-2-4-6-15/h2-10,16H,11H2,1H3,(H,22,27)(H,23,26). The molecular weight excluding hydrogens is 347 g/mol. The Kier molecular flexibility index (Phi) is 4.19. The van der Waals surface area contributed by atoms with E-state index in [1.54, 1.807) is 4.68 Å². The number of hydrogen-bond acceptors (Lipinski definition) is 3. The number of aryl methyl sites for hydroxylation is 1. The van der Waals surface area contributed by atoms with Gasteiger partial charge in [0.15, 0.2) is 0 Å². The molecule has 2 N–H and O–H groups in total. The number of para-hydroxylation sites is 1. The second-order valence-corrected chi connectivity index (χ2v) is 6.40. The largest absolute Gasteiger partial charge is 0.326 e. The molecule has 0 bridgehead atoms. The molecule has 6 nitrogen and oxygen atoms in total. The molecular formula is C20H17FN4O2. The lowest BCUT2D eigenvalue weighted by atomic mass is 9.91. The van der Waals surface area contributed by atoms with Gasteiger partial charge in [-0.1, -0.05) is 18.2 Å². The monoisotopic (exact) mass is 364 g/mol. The summed E-state index contributed by atoms with van der Waals surface area (Å²) < 4.78 is 14.7. The van der Waals surface area contributed by atoms with Crippen molar-refractivity contribution in [3.8, 4) is 5.69 Å². The minimum Gasteiger partial charge on any atom is -0.326 e. The maximum absolute atomic E-state index is 13.1. The molecule has 4 rings (SSSR count). The molecule has 0 saturated carbocycles. The summed E-state index contributed by atoms with van der Waals surface area (Å²) in [5.74, 6) is -1.12. The van der Waals surface area contributed by atoms with Gasteiger partial charge in [0.2, 0.25) is 11.8 Å². The summed E-state index contributed by atoms with van der Waals surface area (Å²) in [7, 11) is 0. The highest BCUT2D eigenvalue weighted by Gasteiger charge is 2.36. The fourth-order valence-electron chi connectivity index (χ4n) is 3.29. The normalized spacial score (nSPS) is 15.8. The lowest BCUT2D eigenvalue weighted by Gasteiger charge is -2.23. The molecule has 3 aromatic rings. The van der Waals surface area contributed by atoms with Crippen LogP contribution in [0.1, 0.15) is 23.6 Å². The van der Waals surface area contributed by atoms with E-state index >= 15 is 0 Å². The number of benzene rings is 2. The Hall–Kier alpha value is -3.48. The van der Waals surface area contributed by atoms with E-state index in [1.165, 1.54) is 24.3 Å². The van der Waals surface area contributed by atoms with E-state index in [2.05, 4.69) is 15.7 Å². The Labute approximate surface area is 155 Å². The van der Waals surface area contributed by atoms with Crippen molar-refractivity contribution >= 4 is 23.3 Å². The molecule has 136 valence electrons. The summed E-state index contributed by atoms with van der Waals surface area (Å²) in [6.45, 7) is 1.81. The predicted molar refractivity (Wildman–Crippen MR) is 99.3 cm³/mol. The van der Waals surface area contributed by atoms with E-state index in [-0.39, 0.29) is 24.1 Å². The Morgan fingerprint density at radius 3 is 2.59 bits per heavy atom. The van der Waals surface area contributed by atoms with Crippen LogP contribution in [0.15, 0.2) is 54.6 Å². The Bertz CT molecular complexity index is 1010. The lowest BCUT2D eigenvalue weighted by Crippen LogP contribution is -2.31. The van der Waals surface area contributed by atoms with Crippen molar-refractivity contribution in [1.82, 2.24) is 9.78 Å². The Balaban J connectivity index is 1.70. The summed E-state index contributed by atoms with van der Waals surface area (Å²) in [6, 6.07) is 14.9. The average molecular weight is 364 g/mol. The maximum atomic E-state index is 13.1. The SMILES string of the molecule is Cc1nn(-c2ccccc2)c2c1C(C(=O)Nc1ccc(F)cc1)CC(=O)N2. The van der Waals surface area contributed by atoms with E-state index in [0.29, 0.717) is 22.8 Å². The first-order valence-electron chi connectivity index (χ1n) is 8.54. The number of aromatic nitrogens is 2. The smallest absolute Gasteiger partial charge is 0.232 e. The van der Waals surface area contributed by atoms with Gasteiger partial charge in [0.25, 0.3) is 0 Å². The van der Waals surface area contributed by atoms with Crippen LogP contribution < -0.4 is 10.6 Å². The van der Waals surface area contributed by atoms with Crippen LogP contribution in [-0.2, 0) is 9.59 Å². The minimum absolute atomic E-state index is 0.0291. The number of nitrogens with zero attached hydrogens (tertiary/aromatic N) is 2. The first-order chi connectivity index (χ1) is 13.0. The molecule has 1 aliphatic rings.